The molecule has 1 unspecified atom stereocenters. The van der Waals surface area contributed by atoms with Crippen molar-refractivity contribution in [2.45, 2.75) is 12.5 Å². The lowest BCUT2D eigenvalue weighted by Crippen LogP contribution is -2.37. The van der Waals surface area contributed by atoms with Gasteiger partial charge in [-0.3, -0.25) is 4.79 Å². The number of carbonyl (C=O) groups excluding carboxylic acids is 1. The maximum atomic E-state index is 11.8. The van der Waals surface area contributed by atoms with Crippen LogP contribution in [-0.4, -0.2) is 36.9 Å². The van der Waals surface area contributed by atoms with Crippen LogP contribution in [0.1, 0.15) is 6.42 Å². The molecule has 1 rings (SSSR count). The molecule has 0 aliphatic rings. The zero-order valence-corrected chi connectivity index (χ0v) is 15.7. The number of nitrogens with one attached hydrogen (secondary N) is 2. The van der Waals surface area contributed by atoms with Gasteiger partial charge in [0.2, 0.25) is 0 Å². The van der Waals surface area contributed by atoms with E-state index in [9.17, 15) is 9.59 Å². The highest BCUT2D eigenvalue weighted by Gasteiger charge is 2.15. The van der Waals surface area contributed by atoms with Crippen LogP contribution >= 0.6 is 47.8 Å². The van der Waals surface area contributed by atoms with Gasteiger partial charge in [-0.1, -0.05) is 15.9 Å². The predicted molar refractivity (Wildman–Crippen MR) is 89.6 cm³/mol. The Kier molecular flexibility index (Phi) is 7.64. The summed E-state index contributed by atoms with van der Waals surface area (Å²) in [7, 11) is 1.40. The predicted octanol–water partition coefficient (Wildman–Crippen LogP) is 3.59. The van der Waals surface area contributed by atoms with Gasteiger partial charge in [0.1, 0.15) is 0 Å². The number of carbonyl (C=O) groups is 2. The lowest BCUT2D eigenvalue weighted by molar-refractivity contribution is -0.139. The van der Waals surface area contributed by atoms with E-state index < -0.39 is 18.1 Å². The molecule has 1 aromatic carbocycles. The molecule has 116 valence electrons. The molecule has 0 heterocycles. The normalized spacial score (nSPS) is 11.8. The molecule has 0 aromatic heterocycles. The summed E-state index contributed by atoms with van der Waals surface area (Å²) in [6, 6.07) is 3.14. The third kappa shape index (κ3) is 6.33. The number of rotatable bonds is 6. The third-order valence-corrected chi connectivity index (χ3v) is 4.18. The van der Waals surface area contributed by atoms with Crippen molar-refractivity contribution in [1.82, 2.24) is 5.32 Å². The van der Waals surface area contributed by atoms with Gasteiger partial charge in [0.15, 0.2) is 0 Å². The molecule has 0 saturated heterocycles. The van der Waals surface area contributed by atoms with Crippen molar-refractivity contribution in [1.29, 1.82) is 0 Å². The van der Waals surface area contributed by atoms with Gasteiger partial charge in [-0.15, -0.1) is 0 Å². The van der Waals surface area contributed by atoms with Crippen molar-refractivity contribution in [2.24, 2.45) is 0 Å². The molecule has 0 radical (unpaired) electrons. The quantitative estimate of drug-likeness (QED) is 0.571. The maximum Gasteiger partial charge on any atom is 0.319 e. The average molecular weight is 489 g/mol. The number of carboxylic acids is 1. The van der Waals surface area contributed by atoms with E-state index in [1.165, 1.54) is 7.11 Å². The number of aliphatic carboxylic acids is 1. The summed E-state index contributed by atoms with van der Waals surface area (Å²) in [6.07, 6.45) is -0.757. The summed E-state index contributed by atoms with van der Waals surface area (Å²) < 4.78 is 7.23. The van der Waals surface area contributed by atoms with Crippen molar-refractivity contribution < 1.29 is 19.4 Å². The summed E-state index contributed by atoms with van der Waals surface area (Å²) >= 11 is 10.0. The smallest absolute Gasteiger partial charge is 0.319 e. The molecule has 0 saturated carbocycles. The van der Waals surface area contributed by atoms with Crippen LogP contribution in [0.3, 0.4) is 0 Å². The molecular weight excluding hydrogens is 476 g/mol. The molecular formula is C12H13Br3N2O4. The first-order valence-corrected chi connectivity index (χ1v) is 8.15. The second kappa shape index (κ2) is 8.72. The van der Waals surface area contributed by atoms with Gasteiger partial charge >= 0.3 is 12.0 Å². The minimum Gasteiger partial charge on any atom is -0.481 e. The molecule has 1 aromatic rings. The number of halogens is 3. The monoisotopic (exact) mass is 486 g/mol. The fourth-order valence-electron chi connectivity index (χ4n) is 1.46. The van der Waals surface area contributed by atoms with Crippen LogP contribution in [0.2, 0.25) is 0 Å². The first-order chi connectivity index (χ1) is 9.83. The Morgan fingerprint density at radius 3 is 2.33 bits per heavy atom. The minimum atomic E-state index is -0.984. The third-order valence-electron chi connectivity index (χ3n) is 2.47. The molecule has 0 spiro atoms. The highest BCUT2D eigenvalue weighted by atomic mass is 79.9. The molecule has 0 aliphatic carbocycles. The number of hydrogen-bond donors (Lipinski definition) is 3. The number of anilines is 1. The fraction of sp³-hybridized carbons (Fsp3) is 0.333. The van der Waals surface area contributed by atoms with E-state index in [4.69, 9.17) is 9.84 Å². The van der Waals surface area contributed by atoms with Crippen molar-refractivity contribution in [3.05, 3.63) is 25.6 Å². The number of hydrogen-bond acceptors (Lipinski definition) is 3. The van der Waals surface area contributed by atoms with Gasteiger partial charge in [0, 0.05) is 27.1 Å². The van der Waals surface area contributed by atoms with Gasteiger partial charge in [-0.05, 0) is 44.0 Å². The zero-order valence-electron chi connectivity index (χ0n) is 11.0. The minimum absolute atomic E-state index is 0.0976. The van der Waals surface area contributed by atoms with Crippen molar-refractivity contribution in [3.8, 4) is 0 Å². The zero-order chi connectivity index (χ0) is 16.0. The van der Waals surface area contributed by atoms with E-state index in [-0.39, 0.29) is 13.0 Å². The highest BCUT2D eigenvalue weighted by Crippen LogP contribution is 2.34. The largest absolute Gasteiger partial charge is 0.481 e. The fourth-order valence-corrected chi connectivity index (χ4v) is 3.92. The first kappa shape index (κ1) is 18.4. The van der Waals surface area contributed by atoms with Crippen molar-refractivity contribution in [2.75, 3.05) is 19.0 Å². The standard InChI is InChI=1S/C12H13Br3N2O4/c1-21-7(4-10(18)19)5-16-12(20)17-11-8(14)2-6(13)3-9(11)15/h2-3,7H,4-5H2,1H3,(H,18,19)(H2,16,17,20). The van der Waals surface area contributed by atoms with Crippen LogP contribution in [0.4, 0.5) is 10.5 Å². The Balaban J connectivity index is 2.60. The number of urea groups is 1. The summed E-state index contributed by atoms with van der Waals surface area (Å²) in [5.41, 5.74) is 0.572. The van der Waals surface area contributed by atoms with E-state index in [1.54, 1.807) is 12.1 Å². The lowest BCUT2D eigenvalue weighted by Gasteiger charge is -2.15. The van der Waals surface area contributed by atoms with Crippen LogP contribution in [-0.2, 0) is 9.53 Å². The Morgan fingerprint density at radius 2 is 1.86 bits per heavy atom. The molecule has 1 atom stereocenters. The summed E-state index contributed by atoms with van der Waals surface area (Å²) in [5, 5.41) is 13.9. The molecule has 0 aliphatic heterocycles. The molecule has 9 heteroatoms. The summed E-state index contributed by atoms with van der Waals surface area (Å²) in [4.78, 5) is 22.4. The van der Waals surface area contributed by atoms with Gasteiger partial charge < -0.3 is 20.5 Å². The van der Waals surface area contributed by atoms with E-state index in [2.05, 4.69) is 58.4 Å². The van der Waals surface area contributed by atoms with Gasteiger partial charge in [-0.25, -0.2) is 4.79 Å². The second-order valence-corrected chi connectivity index (χ2v) is 6.66. The molecule has 6 nitrogen and oxygen atoms in total. The summed E-state index contributed by atoms with van der Waals surface area (Å²) in [5.74, 6) is -0.984. The molecule has 0 bridgehead atoms. The maximum absolute atomic E-state index is 11.8. The number of methoxy groups -OCH3 is 1. The molecule has 21 heavy (non-hydrogen) atoms. The average Bonchev–Trinajstić information content (AvgIpc) is 2.38. The number of amides is 2. The van der Waals surface area contributed by atoms with Crippen LogP contribution < -0.4 is 10.6 Å². The Bertz CT molecular complexity index is 516. The Labute approximate surface area is 147 Å². The lowest BCUT2D eigenvalue weighted by atomic mass is 10.2. The second-order valence-electron chi connectivity index (χ2n) is 4.04. The highest BCUT2D eigenvalue weighted by molar-refractivity contribution is 9.11. The van der Waals surface area contributed by atoms with Gasteiger partial charge in [0.05, 0.1) is 18.2 Å². The van der Waals surface area contributed by atoms with Gasteiger partial charge in [0.25, 0.3) is 0 Å². The van der Waals surface area contributed by atoms with Crippen molar-refractivity contribution >= 4 is 65.5 Å². The van der Waals surface area contributed by atoms with E-state index in [1.807, 2.05) is 0 Å². The van der Waals surface area contributed by atoms with Crippen LogP contribution in [0.25, 0.3) is 0 Å². The SMILES string of the molecule is COC(CNC(=O)Nc1c(Br)cc(Br)cc1Br)CC(=O)O. The number of carboxylic acid groups (broad SMARTS) is 1. The number of benzene rings is 1. The van der Waals surface area contributed by atoms with E-state index in [0.29, 0.717) is 14.6 Å². The van der Waals surface area contributed by atoms with Crippen LogP contribution in [0.15, 0.2) is 25.6 Å². The first-order valence-electron chi connectivity index (χ1n) is 5.77. The van der Waals surface area contributed by atoms with Crippen molar-refractivity contribution in [3.63, 3.8) is 0 Å². The topological polar surface area (TPSA) is 87.7 Å². The molecule has 0 fully saturated rings. The van der Waals surface area contributed by atoms with Crippen LogP contribution in [0.5, 0.6) is 0 Å². The Hall–Kier alpha value is -0.640. The summed E-state index contributed by atoms with van der Waals surface area (Å²) in [6.45, 7) is 0.0976. The van der Waals surface area contributed by atoms with E-state index >= 15 is 0 Å². The van der Waals surface area contributed by atoms with E-state index in [0.717, 1.165) is 4.47 Å². The van der Waals surface area contributed by atoms with Gasteiger partial charge in [-0.2, -0.15) is 0 Å². The molecule has 3 N–H and O–H groups in total. The Morgan fingerprint density at radius 1 is 1.29 bits per heavy atom. The van der Waals surface area contributed by atoms with Crippen LogP contribution in [0, 0.1) is 0 Å². The number of ether oxygens (including phenoxy) is 1. The molecule has 2 amide bonds.